The monoisotopic (exact) mass is 297 g/mol. The number of hydrogen-bond donors (Lipinski definition) is 2. The van der Waals surface area contributed by atoms with Crippen LogP contribution in [0, 0.1) is 0 Å². The minimum Gasteiger partial charge on any atom is -0.465 e. The zero-order chi connectivity index (χ0) is 15.0. The van der Waals surface area contributed by atoms with E-state index < -0.39 is 6.04 Å². The molecule has 0 radical (unpaired) electrons. The van der Waals surface area contributed by atoms with Gasteiger partial charge in [0.2, 0.25) is 0 Å². The van der Waals surface area contributed by atoms with Crippen LogP contribution in [-0.2, 0) is 20.9 Å². The third-order valence-corrected chi connectivity index (χ3v) is 2.88. The van der Waals surface area contributed by atoms with Crippen molar-refractivity contribution in [3.8, 4) is 5.75 Å². The van der Waals surface area contributed by atoms with Gasteiger partial charge < -0.3 is 9.47 Å². The summed E-state index contributed by atoms with van der Waals surface area (Å²) in [6.45, 7) is 3.81. The van der Waals surface area contributed by atoms with Gasteiger partial charge in [0.1, 0.15) is 11.8 Å². The van der Waals surface area contributed by atoms with Gasteiger partial charge in [-0.1, -0.05) is 18.2 Å². The van der Waals surface area contributed by atoms with Crippen LogP contribution >= 0.6 is 12.6 Å². The van der Waals surface area contributed by atoms with Crippen molar-refractivity contribution in [2.24, 2.45) is 0 Å². The molecule has 0 aliphatic carbocycles. The fraction of sp³-hybridized carbons (Fsp3) is 0.429. The molecule has 0 unspecified atom stereocenters. The maximum atomic E-state index is 11.6. The number of hydrogen-bond acceptors (Lipinski definition) is 6. The van der Waals surface area contributed by atoms with Crippen molar-refractivity contribution in [2.45, 2.75) is 26.4 Å². The molecule has 20 heavy (non-hydrogen) atoms. The molecule has 5 nitrogen and oxygen atoms in total. The summed E-state index contributed by atoms with van der Waals surface area (Å²) in [6.07, 6.45) is 0. The maximum Gasteiger partial charge on any atom is 0.323 e. The van der Waals surface area contributed by atoms with E-state index in [9.17, 15) is 9.59 Å². The second kappa shape index (κ2) is 8.60. The van der Waals surface area contributed by atoms with E-state index in [0.29, 0.717) is 24.7 Å². The fourth-order valence-electron chi connectivity index (χ4n) is 1.60. The van der Waals surface area contributed by atoms with E-state index in [1.807, 2.05) is 12.1 Å². The lowest BCUT2D eigenvalue weighted by atomic mass is 10.2. The van der Waals surface area contributed by atoms with E-state index in [2.05, 4.69) is 17.9 Å². The minimum absolute atomic E-state index is 0.328. The summed E-state index contributed by atoms with van der Waals surface area (Å²) < 4.78 is 10.0. The third-order valence-electron chi connectivity index (χ3n) is 2.52. The smallest absolute Gasteiger partial charge is 0.323 e. The molecule has 1 aromatic rings. The Hall–Kier alpha value is -1.53. The van der Waals surface area contributed by atoms with Crippen molar-refractivity contribution in [3.63, 3.8) is 0 Å². The number of nitrogens with one attached hydrogen (secondary N) is 1. The second-order valence-electron chi connectivity index (χ2n) is 4.07. The highest BCUT2D eigenvalue weighted by molar-refractivity contribution is 7.80. The Kier molecular flexibility index (Phi) is 7.11. The largest absolute Gasteiger partial charge is 0.465 e. The Bertz CT molecular complexity index is 464. The molecule has 1 aromatic carbocycles. The van der Waals surface area contributed by atoms with Crippen molar-refractivity contribution in [1.29, 1.82) is 0 Å². The van der Waals surface area contributed by atoms with Crippen molar-refractivity contribution in [1.82, 2.24) is 5.32 Å². The summed E-state index contributed by atoms with van der Waals surface area (Å²) in [7, 11) is 0. The van der Waals surface area contributed by atoms with Crippen LogP contribution in [0.5, 0.6) is 5.75 Å². The van der Waals surface area contributed by atoms with Gasteiger partial charge in [0.15, 0.2) is 0 Å². The zero-order valence-electron chi connectivity index (χ0n) is 11.6. The first-order valence-electron chi connectivity index (χ1n) is 6.35. The molecule has 1 atom stereocenters. The van der Waals surface area contributed by atoms with Crippen LogP contribution in [0.25, 0.3) is 0 Å². The molecule has 0 aliphatic heterocycles. The first-order chi connectivity index (χ1) is 9.58. The Morgan fingerprint density at radius 3 is 2.65 bits per heavy atom. The zero-order valence-corrected chi connectivity index (χ0v) is 12.5. The van der Waals surface area contributed by atoms with Gasteiger partial charge in [-0.3, -0.25) is 14.9 Å². The quantitative estimate of drug-likeness (QED) is 0.454. The van der Waals surface area contributed by atoms with E-state index in [4.69, 9.17) is 9.47 Å². The molecule has 110 valence electrons. The number of benzene rings is 1. The van der Waals surface area contributed by atoms with Crippen molar-refractivity contribution in [3.05, 3.63) is 29.8 Å². The molecule has 0 saturated heterocycles. The highest BCUT2D eigenvalue weighted by atomic mass is 32.1. The summed E-state index contributed by atoms with van der Waals surface area (Å²) in [4.78, 5) is 22.7. The van der Waals surface area contributed by atoms with Crippen LogP contribution in [-0.4, -0.2) is 30.3 Å². The standard InChI is InChI=1S/C14H19NO4S/c1-3-18-14(17)12(9-20)15-8-11-6-4-5-7-13(11)19-10(2)16/h4-7,12,15,20H,3,8-9H2,1-2H3/t12-/m0/s1. The van der Waals surface area contributed by atoms with E-state index in [0.717, 1.165) is 5.56 Å². The van der Waals surface area contributed by atoms with Crippen molar-refractivity contribution < 1.29 is 19.1 Å². The number of thiol groups is 1. The van der Waals surface area contributed by atoms with E-state index >= 15 is 0 Å². The first kappa shape index (κ1) is 16.5. The molecule has 1 rings (SSSR count). The molecule has 0 saturated carbocycles. The molecule has 6 heteroatoms. The summed E-state index contributed by atoms with van der Waals surface area (Å²) >= 11 is 4.13. The Morgan fingerprint density at radius 2 is 2.05 bits per heavy atom. The van der Waals surface area contributed by atoms with Crippen molar-refractivity contribution in [2.75, 3.05) is 12.4 Å². The molecule has 0 spiro atoms. The Morgan fingerprint density at radius 1 is 1.35 bits per heavy atom. The molecule has 0 aromatic heterocycles. The number of carbonyl (C=O) groups is 2. The highest BCUT2D eigenvalue weighted by Gasteiger charge is 2.18. The van der Waals surface area contributed by atoms with E-state index in [-0.39, 0.29) is 11.9 Å². The minimum atomic E-state index is -0.497. The molecular weight excluding hydrogens is 278 g/mol. The van der Waals surface area contributed by atoms with E-state index in [1.54, 1.807) is 19.1 Å². The average Bonchev–Trinajstić information content (AvgIpc) is 2.41. The molecule has 1 N–H and O–H groups in total. The normalized spacial score (nSPS) is 11.8. The van der Waals surface area contributed by atoms with Crippen LogP contribution in [0.3, 0.4) is 0 Å². The molecule has 0 fully saturated rings. The van der Waals surface area contributed by atoms with Gasteiger partial charge in [-0.05, 0) is 13.0 Å². The predicted molar refractivity (Wildman–Crippen MR) is 78.9 cm³/mol. The molecule has 0 aliphatic rings. The number of esters is 2. The van der Waals surface area contributed by atoms with E-state index in [1.165, 1.54) is 6.92 Å². The predicted octanol–water partition coefficient (Wildman–Crippen LogP) is 1.56. The van der Waals surface area contributed by atoms with Gasteiger partial charge >= 0.3 is 11.9 Å². The Balaban J connectivity index is 2.68. The summed E-state index contributed by atoms with van der Waals surface area (Å²) in [5.74, 6) is 0.0875. The molecule has 0 bridgehead atoms. The lowest BCUT2D eigenvalue weighted by Crippen LogP contribution is -2.39. The van der Waals surface area contributed by atoms with Gasteiger partial charge in [-0.25, -0.2) is 0 Å². The van der Waals surface area contributed by atoms with Gasteiger partial charge in [-0.2, -0.15) is 12.6 Å². The lowest BCUT2D eigenvalue weighted by Gasteiger charge is -2.16. The topological polar surface area (TPSA) is 64.6 Å². The Labute approximate surface area is 124 Å². The van der Waals surface area contributed by atoms with Crippen LogP contribution in [0.1, 0.15) is 19.4 Å². The van der Waals surface area contributed by atoms with Gasteiger partial charge in [0, 0.05) is 24.8 Å². The number of para-hydroxylation sites is 1. The molecular formula is C14H19NO4S. The molecule has 0 heterocycles. The lowest BCUT2D eigenvalue weighted by molar-refractivity contribution is -0.145. The fourth-order valence-corrected chi connectivity index (χ4v) is 1.88. The van der Waals surface area contributed by atoms with Crippen LogP contribution in [0.4, 0.5) is 0 Å². The highest BCUT2D eigenvalue weighted by Crippen LogP contribution is 2.18. The van der Waals surface area contributed by atoms with Crippen LogP contribution in [0.2, 0.25) is 0 Å². The summed E-state index contributed by atoms with van der Waals surface area (Å²) in [5, 5.41) is 3.04. The van der Waals surface area contributed by atoms with Gasteiger partial charge in [0.05, 0.1) is 6.61 Å². The summed E-state index contributed by atoms with van der Waals surface area (Å²) in [5.41, 5.74) is 0.791. The maximum absolute atomic E-state index is 11.6. The summed E-state index contributed by atoms with van der Waals surface area (Å²) in [6, 6.07) is 6.65. The number of carbonyl (C=O) groups excluding carboxylic acids is 2. The SMILES string of the molecule is CCOC(=O)[C@H](CS)NCc1ccccc1OC(C)=O. The van der Waals surface area contributed by atoms with Gasteiger partial charge in [-0.15, -0.1) is 0 Å². The van der Waals surface area contributed by atoms with Crippen LogP contribution in [0.15, 0.2) is 24.3 Å². The van der Waals surface area contributed by atoms with Crippen LogP contribution < -0.4 is 10.1 Å². The number of ether oxygens (including phenoxy) is 2. The van der Waals surface area contributed by atoms with Gasteiger partial charge in [0.25, 0.3) is 0 Å². The first-order valence-corrected chi connectivity index (χ1v) is 6.99. The third kappa shape index (κ3) is 5.22. The average molecular weight is 297 g/mol. The molecule has 0 amide bonds. The number of rotatable bonds is 7. The van der Waals surface area contributed by atoms with Crippen molar-refractivity contribution >= 4 is 24.6 Å². The second-order valence-corrected chi connectivity index (χ2v) is 4.43.